The highest BCUT2D eigenvalue weighted by Gasteiger charge is 2.16. The summed E-state index contributed by atoms with van der Waals surface area (Å²) in [4.78, 5) is 38.8. The highest BCUT2D eigenvalue weighted by atomic mass is 16.6. The van der Waals surface area contributed by atoms with Crippen LogP contribution in [-0.2, 0) is 19.1 Å². The number of carbonyl (C=O) groups excluding carboxylic acids is 3. The second-order valence-corrected chi connectivity index (χ2v) is 7.14. The van der Waals surface area contributed by atoms with Crippen molar-refractivity contribution in [3.05, 3.63) is 11.6 Å². The standard InChI is InChI=1S/C20H33NO5/c1-7-16(21-19(24)26-20(3,4)5)12-10-11-15(2)17(22)13-8-9-14-18(23)25-6/h11H,7-10,12-14H2,1-6H3/b15-11+,21-16+. The number of unbranched alkanes of at least 4 members (excludes halogenated alkanes) is 1. The maximum absolute atomic E-state index is 12.0. The molecule has 0 rings (SSSR count). The van der Waals surface area contributed by atoms with Crippen LogP contribution in [0.25, 0.3) is 0 Å². The van der Waals surface area contributed by atoms with Crippen molar-refractivity contribution < 1.29 is 23.9 Å². The molecule has 0 spiro atoms. The van der Waals surface area contributed by atoms with Gasteiger partial charge in [-0.15, -0.1) is 0 Å². The lowest BCUT2D eigenvalue weighted by Gasteiger charge is -2.17. The second-order valence-electron chi connectivity index (χ2n) is 7.14. The van der Waals surface area contributed by atoms with Crippen molar-refractivity contribution in [2.75, 3.05) is 7.11 Å². The second kappa shape index (κ2) is 12.4. The van der Waals surface area contributed by atoms with Gasteiger partial charge in [-0.1, -0.05) is 13.0 Å². The largest absolute Gasteiger partial charge is 0.469 e. The van der Waals surface area contributed by atoms with Crippen molar-refractivity contribution in [2.45, 2.75) is 85.2 Å². The maximum atomic E-state index is 12.0. The molecule has 0 heterocycles. The molecule has 6 nitrogen and oxygen atoms in total. The first-order valence-corrected chi connectivity index (χ1v) is 9.15. The summed E-state index contributed by atoms with van der Waals surface area (Å²) in [5.41, 5.74) is 0.903. The molecule has 0 aromatic heterocycles. The number of allylic oxidation sites excluding steroid dienone is 2. The van der Waals surface area contributed by atoms with Gasteiger partial charge in [0.1, 0.15) is 5.60 Å². The molecule has 0 aliphatic rings. The maximum Gasteiger partial charge on any atom is 0.434 e. The molecule has 0 aromatic carbocycles. The van der Waals surface area contributed by atoms with Crippen LogP contribution in [0.4, 0.5) is 4.79 Å². The Morgan fingerprint density at radius 3 is 2.19 bits per heavy atom. The van der Waals surface area contributed by atoms with Crippen LogP contribution in [-0.4, -0.2) is 36.3 Å². The molecule has 0 aromatic rings. The Morgan fingerprint density at radius 1 is 1.04 bits per heavy atom. The number of ketones is 1. The van der Waals surface area contributed by atoms with Crippen molar-refractivity contribution in [2.24, 2.45) is 4.99 Å². The third-order valence-electron chi connectivity index (χ3n) is 3.64. The summed E-state index contributed by atoms with van der Waals surface area (Å²) in [7, 11) is 1.36. The Morgan fingerprint density at radius 2 is 1.65 bits per heavy atom. The van der Waals surface area contributed by atoms with Gasteiger partial charge in [0.15, 0.2) is 5.78 Å². The fourth-order valence-corrected chi connectivity index (χ4v) is 2.15. The van der Waals surface area contributed by atoms with E-state index in [4.69, 9.17) is 4.74 Å². The summed E-state index contributed by atoms with van der Waals surface area (Å²) in [5, 5.41) is 0. The Bertz CT molecular complexity index is 541. The van der Waals surface area contributed by atoms with E-state index in [0.717, 1.165) is 5.71 Å². The molecule has 0 aliphatic carbocycles. The zero-order valence-corrected chi connectivity index (χ0v) is 17.0. The lowest BCUT2D eigenvalue weighted by molar-refractivity contribution is -0.140. The van der Waals surface area contributed by atoms with Gasteiger partial charge < -0.3 is 9.47 Å². The average molecular weight is 367 g/mol. The first-order valence-electron chi connectivity index (χ1n) is 9.15. The molecule has 0 fully saturated rings. The molecule has 6 heteroatoms. The first kappa shape index (κ1) is 24.0. The number of hydrogen-bond acceptors (Lipinski definition) is 5. The van der Waals surface area contributed by atoms with Gasteiger partial charge in [-0.25, -0.2) is 4.79 Å². The summed E-state index contributed by atoms with van der Waals surface area (Å²) >= 11 is 0. The van der Waals surface area contributed by atoms with E-state index in [-0.39, 0.29) is 11.8 Å². The Labute approximate surface area is 157 Å². The van der Waals surface area contributed by atoms with E-state index >= 15 is 0 Å². The van der Waals surface area contributed by atoms with Crippen LogP contribution < -0.4 is 0 Å². The van der Waals surface area contributed by atoms with Gasteiger partial charge in [0.25, 0.3) is 0 Å². The Kier molecular flexibility index (Phi) is 11.4. The summed E-state index contributed by atoms with van der Waals surface area (Å²) in [5.74, 6) is -0.168. The predicted octanol–water partition coefficient (Wildman–Crippen LogP) is 4.80. The van der Waals surface area contributed by atoms with Crippen LogP contribution in [0.3, 0.4) is 0 Å². The molecule has 0 saturated heterocycles. The van der Waals surface area contributed by atoms with Gasteiger partial charge in [0.2, 0.25) is 0 Å². The number of hydrogen-bond donors (Lipinski definition) is 0. The van der Waals surface area contributed by atoms with E-state index in [2.05, 4.69) is 9.73 Å². The number of rotatable bonds is 10. The topological polar surface area (TPSA) is 82.0 Å². The van der Waals surface area contributed by atoms with Gasteiger partial charge >= 0.3 is 12.1 Å². The third-order valence-corrected chi connectivity index (χ3v) is 3.64. The number of Topliss-reactive ketones (excluding diaryl/α,β-unsaturated/α-hetero) is 1. The van der Waals surface area contributed by atoms with E-state index < -0.39 is 11.7 Å². The number of ether oxygens (including phenoxy) is 2. The molecule has 0 N–H and O–H groups in total. The van der Waals surface area contributed by atoms with Crippen molar-refractivity contribution in [1.82, 2.24) is 0 Å². The lowest BCUT2D eigenvalue weighted by atomic mass is 10.0. The quantitative estimate of drug-likeness (QED) is 0.240. The minimum atomic E-state index is -0.572. The van der Waals surface area contributed by atoms with Gasteiger partial charge in [-0.2, -0.15) is 4.99 Å². The van der Waals surface area contributed by atoms with Gasteiger partial charge in [-0.05, 0) is 65.4 Å². The highest BCUT2D eigenvalue weighted by molar-refractivity contribution is 5.95. The first-order chi connectivity index (χ1) is 12.1. The fourth-order valence-electron chi connectivity index (χ4n) is 2.15. The Hall–Kier alpha value is -1.98. The lowest BCUT2D eigenvalue weighted by Crippen LogP contribution is -2.22. The average Bonchev–Trinajstić information content (AvgIpc) is 2.55. The molecule has 1 amide bonds. The number of nitrogens with zero attached hydrogens (tertiary/aromatic N) is 1. The van der Waals surface area contributed by atoms with Crippen molar-refractivity contribution in [1.29, 1.82) is 0 Å². The van der Waals surface area contributed by atoms with Gasteiger partial charge in [0.05, 0.1) is 7.11 Å². The SMILES string of the molecule is CC/C(CC/C=C(\C)C(=O)CCCCC(=O)OC)=N\C(=O)OC(C)(C)C. The molecule has 0 atom stereocenters. The molecule has 0 bridgehead atoms. The minimum Gasteiger partial charge on any atom is -0.469 e. The fraction of sp³-hybridized carbons (Fsp3) is 0.700. The van der Waals surface area contributed by atoms with Crippen LogP contribution in [0.2, 0.25) is 0 Å². The number of aliphatic imine (C=N–C) groups is 1. The smallest absolute Gasteiger partial charge is 0.434 e. The molecule has 0 aliphatic heterocycles. The molecule has 26 heavy (non-hydrogen) atoms. The van der Waals surface area contributed by atoms with Crippen molar-refractivity contribution in [3.63, 3.8) is 0 Å². The van der Waals surface area contributed by atoms with E-state index in [1.165, 1.54) is 7.11 Å². The normalized spacial score (nSPS) is 12.7. The number of amides is 1. The summed E-state index contributed by atoms with van der Waals surface area (Å²) in [6.07, 6.45) is 5.30. The zero-order chi connectivity index (χ0) is 20.2. The third kappa shape index (κ3) is 12.4. The minimum absolute atomic E-state index is 0.0806. The molecule has 0 radical (unpaired) electrons. The van der Waals surface area contributed by atoms with Crippen LogP contribution >= 0.6 is 0 Å². The van der Waals surface area contributed by atoms with E-state index in [0.29, 0.717) is 50.5 Å². The van der Waals surface area contributed by atoms with Crippen LogP contribution in [0.15, 0.2) is 16.6 Å². The number of carbonyl (C=O) groups is 3. The van der Waals surface area contributed by atoms with Gasteiger partial charge in [-0.3, -0.25) is 9.59 Å². The molecular formula is C20H33NO5. The molecule has 0 saturated carbocycles. The molecular weight excluding hydrogens is 334 g/mol. The van der Waals surface area contributed by atoms with E-state index in [1.54, 1.807) is 27.7 Å². The van der Waals surface area contributed by atoms with Crippen LogP contribution in [0.1, 0.15) is 79.6 Å². The van der Waals surface area contributed by atoms with Crippen LogP contribution in [0.5, 0.6) is 0 Å². The van der Waals surface area contributed by atoms with Crippen molar-refractivity contribution in [3.8, 4) is 0 Å². The number of methoxy groups -OCH3 is 1. The van der Waals surface area contributed by atoms with Crippen molar-refractivity contribution >= 4 is 23.6 Å². The Balaban J connectivity index is 4.35. The summed E-state index contributed by atoms with van der Waals surface area (Å²) in [6, 6.07) is 0. The van der Waals surface area contributed by atoms with E-state index in [1.807, 2.05) is 13.0 Å². The summed E-state index contributed by atoms with van der Waals surface area (Å²) < 4.78 is 9.75. The van der Waals surface area contributed by atoms with E-state index in [9.17, 15) is 14.4 Å². The summed E-state index contributed by atoms with van der Waals surface area (Å²) in [6.45, 7) is 9.13. The highest BCUT2D eigenvalue weighted by Crippen LogP contribution is 2.11. The zero-order valence-electron chi connectivity index (χ0n) is 17.0. The molecule has 148 valence electrons. The van der Waals surface area contributed by atoms with Gasteiger partial charge in [0, 0.05) is 18.6 Å². The molecule has 0 unspecified atom stereocenters. The monoisotopic (exact) mass is 367 g/mol. The van der Waals surface area contributed by atoms with Crippen LogP contribution in [0, 0.1) is 0 Å². The predicted molar refractivity (Wildman–Crippen MR) is 102 cm³/mol. The number of esters is 1.